The molecule has 0 aliphatic carbocycles. The highest BCUT2D eigenvalue weighted by Crippen LogP contribution is 2.45. The van der Waals surface area contributed by atoms with Crippen molar-refractivity contribution in [2.75, 3.05) is 39.6 Å². The van der Waals surface area contributed by atoms with Crippen LogP contribution in [0, 0.1) is 0 Å². The molecule has 462 valence electrons. The second kappa shape index (κ2) is 54.3. The van der Waals surface area contributed by atoms with Crippen molar-refractivity contribution in [3.63, 3.8) is 0 Å². The Kier molecular flexibility index (Phi) is 53.0. The maximum atomic E-state index is 12.9. The van der Waals surface area contributed by atoms with Gasteiger partial charge in [0.2, 0.25) is 0 Å². The molecule has 78 heavy (non-hydrogen) atoms. The monoisotopic (exact) mass is 1160 g/mol. The molecule has 0 bridgehead atoms. The Morgan fingerprint density at radius 3 is 0.769 bits per heavy atom. The van der Waals surface area contributed by atoms with E-state index >= 15 is 0 Å². The molecule has 0 saturated carbocycles. The molecule has 0 aromatic heterocycles. The van der Waals surface area contributed by atoms with Crippen LogP contribution < -0.4 is 0 Å². The molecule has 0 amide bonds. The van der Waals surface area contributed by atoms with E-state index in [1.807, 2.05) is 0 Å². The van der Waals surface area contributed by atoms with Crippen molar-refractivity contribution in [2.45, 2.75) is 316 Å². The van der Waals surface area contributed by atoms with Crippen molar-refractivity contribution in [3.05, 3.63) is 0 Å². The van der Waals surface area contributed by atoms with E-state index in [-0.39, 0.29) is 25.7 Å². The van der Waals surface area contributed by atoms with Crippen LogP contribution in [0.15, 0.2) is 0 Å². The van der Waals surface area contributed by atoms with Crippen LogP contribution in [0.3, 0.4) is 0 Å². The van der Waals surface area contributed by atoms with Crippen LogP contribution in [-0.4, -0.2) is 96.7 Å². The average molecular weight is 1160 g/mol. The molecule has 0 saturated heterocycles. The number of aliphatic hydroxyl groups is 1. The zero-order valence-electron chi connectivity index (χ0n) is 49.6. The molecule has 2 unspecified atom stereocenters. The lowest BCUT2D eigenvalue weighted by atomic mass is 10.0. The highest BCUT2D eigenvalue weighted by molar-refractivity contribution is 7.47. The third-order valence-corrected chi connectivity index (χ3v) is 15.5. The zero-order chi connectivity index (χ0) is 57.6. The van der Waals surface area contributed by atoms with Gasteiger partial charge in [-0.3, -0.25) is 37.3 Å². The lowest BCUT2D eigenvalue weighted by Gasteiger charge is -2.21. The molecule has 17 nitrogen and oxygen atoms in total. The Morgan fingerprint density at radius 2 is 0.513 bits per heavy atom. The summed E-state index contributed by atoms with van der Waals surface area (Å²) < 4.78 is 67.4. The number of phosphoric acid groups is 2. The number of phosphoric ester groups is 2. The lowest BCUT2D eigenvalue weighted by Crippen LogP contribution is -2.30. The fourth-order valence-electron chi connectivity index (χ4n) is 8.75. The first-order valence-electron chi connectivity index (χ1n) is 31.3. The van der Waals surface area contributed by atoms with E-state index in [9.17, 15) is 43.2 Å². The first-order valence-corrected chi connectivity index (χ1v) is 34.3. The van der Waals surface area contributed by atoms with Crippen LogP contribution >= 0.6 is 15.6 Å². The molecule has 0 aliphatic heterocycles. The number of carbonyl (C=O) groups excluding carboxylic acids is 4. The summed E-state index contributed by atoms with van der Waals surface area (Å²) in [6, 6.07) is 0. The summed E-state index contributed by atoms with van der Waals surface area (Å²) in [5.74, 6) is -2.16. The maximum Gasteiger partial charge on any atom is 0.472 e. The van der Waals surface area contributed by atoms with Crippen molar-refractivity contribution < 1.29 is 80.2 Å². The van der Waals surface area contributed by atoms with Crippen LogP contribution in [0.25, 0.3) is 0 Å². The molecular weight excluding hydrogens is 1040 g/mol. The number of rotatable bonds is 60. The maximum absolute atomic E-state index is 12.9. The quantitative estimate of drug-likeness (QED) is 0.0222. The second-order valence-electron chi connectivity index (χ2n) is 21.4. The zero-order valence-corrected chi connectivity index (χ0v) is 51.4. The minimum absolute atomic E-state index is 0.103. The van der Waals surface area contributed by atoms with Gasteiger partial charge in [-0.1, -0.05) is 246 Å². The van der Waals surface area contributed by atoms with Crippen LogP contribution in [0.4, 0.5) is 0 Å². The normalized spacial score (nSPS) is 14.3. The summed E-state index contributed by atoms with van der Waals surface area (Å²) in [5.41, 5.74) is 0. The molecular formula is C59H114O17P2. The average Bonchev–Trinajstić information content (AvgIpc) is 3.41. The molecule has 0 fully saturated rings. The van der Waals surface area contributed by atoms with Crippen LogP contribution in [0.5, 0.6) is 0 Å². The molecule has 0 aliphatic rings. The van der Waals surface area contributed by atoms with Gasteiger partial charge in [0.05, 0.1) is 26.4 Å². The predicted octanol–water partition coefficient (Wildman–Crippen LogP) is 16.0. The standard InChI is InChI=1S/C59H114O17P2/c1-5-9-13-17-20-22-24-26-27-28-30-31-34-36-40-44-57(62)70-50-55(76-59(64)46-42-38-35-32-29-25-23-21-18-14-10-6-2)52-74-78(67,68)72-48-53(60)47-71-77(65,66)73-51-54(49-69-56(61)43-39-16-12-8-4)75-58(63)45-41-37-33-19-15-11-7-3/h53-55,60H,5-52H2,1-4H3,(H,65,66)(H,67,68)/t53-,54+,55+/m0/s1. The third-order valence-electron chi connectivity index (χ3n) is 13.6. The van der Waals surface area contributed by atoms with Gasteiger partial charge in [0.25, 0.3) is 0 Å². The Bertz CT molecular complexity index is 1520. The number of ether oxygens (including phenoxy) is 4. The van der Waals surface area contributed by atoms with Gasteiger partial charge >= 0.3 is 39.5 Å². The van der Waals surface area contributed by atoms with Crippen LogP contribution in [-0.2, 0) is 65.4 Å². The number of carbonyl (C=O) groups is 4. The Labute approximate surface area is 473 Å². The van der Waals surface area contributed by atoms with E-state index in [1.54, 1.807) is 0 Å². The topological polar surface area (TPSA) is 237 Å². The lowest BCUT2D eigenvalue weighted by molar-refractivity contribution is -0.161. The molecule has 0 rings (SSSR count). The summed E-state index contributed by atoms with van der Waals surface area (Å²) in [6.45, 7) is 4.69. The van der Waals surface area contributed by atoms with Gasteiger partial charge in [-0.05, 0) is 25.7 Å². The number of esters is 4. The summed E-state index contributed by atoms with van der Waals surface area (Å²) in [4.78, 5) is 71.5. The molecule has 19 heteroatoms. The van der Waals surface area contributed by atoms with E-state index in [1.165, 1.54) is 116 Å². The van der Waals surface area contributed by atoms with Gasteiger partial charge in [-0.2, -0.15) is 0 Å². The predicted molar refractivity (Wildman–Crippen MR) is 308 cm³/mol. The molecule has 0 heterocycles. The fourth-order valence-corrected chi connectivity index (χ4v) is 10.3. The second-order valence-corrected chi connectivity index (χ2v) is 24.3. The van der Waals surface area contributed by atoms with Crippen molar-refractivity contribution in [3.8, 4) is 0 Å². The molecule has 3 N–H and O–H groups in total. The molecule has 0 aromatic carbocycles. The minimum Gasteiger partial charge on any atom is -0.462 e. The fraction of sp³-hybridized carbons (Fsp3) is 0.932. The third kappa shape index (κ3) is 53.4. The first-order chi connectivity index (χ1) is 37.7. The first kappa shape index (κ1) is 76.1. The minimum atomic E-state index is -4.94. The van der Waals surface area contributed by atoms with E-state index in [0.717, 1.165) is 103 Å². The van der Waals surface area contributed by atoms with Gasteiger partial charge in [0, 0.05) is 25.7 Å². The van der Waals surface area contributed by atoms with Gasteiger partial charge < -0.3 is 33.8 Å². The summed E-state index contributed by atoms with van der Waals surface area (Å²) in [6.07, 6.45) is 38.2. The SMILES string of the molecule is CCCCCCCCCCCCCCCCCC(=O)OC[C@H](COP(=O)(O)OC[C@@H](O)COP(=O)(O)OC[C@@H](COC(=O)CCCCCC)OC(=O)CCCCCCCCC)OC(=O)CCCCCCCCCCCCCC. The highest BCUT2D eigenvalue weighted by Gasteiger charge is 2.30. The van der Waals surface area contributed by atoms with Gasteiger partial charge in [-0.25, -0.2) is 9.13 Å². The van der Waals surface area contributed by atoms with Gasteiger partial charge in [-0.15, -0.1) is 0 Å². The van der Waals surface area contributed by atoms with E-state index in [4.69, 9.17) is 37.0 Å². The van der Waals surface area contributed by atoms with Crippen molar-refractivity contribution >= 4 is 39.5 Å². The van der Waals surface area contributed by atoms with Gasteiger partial charge in [0.15, 0.2) is 12.2 Å². The van der Waals surface area contributed by atoms with Gasteiger partial charge in [0.1, 0.15) is 19.3 Å². The van der Waals surface area contributed by atoms with Crippen LogP contribution in [0.2, 0.25) is 0 Å². The molecule has 0 spiro atoms. The number of hydrogen-bond donors (Lipinski definition) is 3. The van der Waals surface area contributed by atoms with Crippen molar-refractivity contribution in [1.82, 2.24) is 0 Å². The summed E-state index contributed by atoms with van der Waals surface area (Å²) in [7, 11) is -9.86. The molecule has 0 radical (unpaired) electrons. The summed E-state index contributed by atoms with van der Waals surface area (Å²) >= 11 is 0. The number of aliphatic hydroxyl groups excluding tert-OH is 1. The van der Waals surface area contributed by atoms with Crippen molar-refractivity contribution in [2.24, 2.45) is 0 Å². The molecule has 0 aromatic rings. The van der Waals surface area contributed by atoms with Crippen molar-refractivity contribution in [1.29, 1.82) is 0 Å². The molecule has 5 atom stereocenters. The Morgan fingerprint density at radius 1 is 0.308 bits per heavy atom. The number of unbranched alkanes of at least 4 members (excludes halogenated alkanes) is 34. The number of hydrogen-bond acceptors (Lipinski definition) is 15. The van der Waals surface area contributed by atoms with E-state index < -0.39 is 97.5 Å². The highest BCUT2D eigenvalue weighted by atomic mass is 31.2. The van der Waals surface area contributed by atoms with E-state index in [0.29, 0.717) is 25.7 Å². The largest absolute Gasteiger partial charge is 0.472 e. The summed E-state index contributed by atoms with van der Waals surface area (Å²) in [5, 5.41) is 10.5. The Balaban J connectivity index is 5.12. The smallest absolute Gasteiger partial charge is 0.462 e. The Hall–Kier alpha value is -1.94. The van der Waals surface area contributed by atoms with E-state index in [2.05, 4.69) is 27.7 Å². The van der Waals surface area contributed by atoms with Crippen LogP contribution in [0.1, 0.15) is 297 Å².